The average molecular weight is 358 g/mol. The summed E-state index contributed by atoms with van der Waals surface area (Å²) in [6, 6.07) is 4.32. The summed E-state index contributed by atoms with van der Waals surface area (Å²) in [5.74, 6) is 2.13. The zero-order chi connectivity index (χ0) is 19.7. The van der Waals surface area contributed by atoms with E-state index >= 15 is 0 Å². The molecule has 1 saturated heterocycles. The Morgan fingerprint density at radius 3 is 2.46 bits per heavy atom. The van der Waals surface area contributed by atoms with Gasteiger partial charge in [-0.3, -0.25) is 0 Å². The van der Waals surface area contributed by atoms with Crippen molar-refractivity contribution < 1.29 is 4.74 Å². The number of methoxy groups -OCH3 is 1. The summed E-state index contributed by atoms with van der Waals surface area (Å²) >= 11 is 0. The molecule has 3 heterocycles. The Kier molecular flexibility index (Phi) is 8.77. The van der Waals surface area contributed by atoms with Gasteiger partial charge in [0.15, 0.2) is 0 Å². The second-order valence-corrected chi connectivity index (χ2v) is 5.68. The molecule has 0 saturated carbocycles. The molecule has 0 amide bonds. The van der Waals surface area contributed by atoms with E-state index in [0.717, 1.165) is 41.8 Å². The summed E-state index contributed by atoms with van der Waals surface area (Å²) in [6.07, 6.45) is 1.94. The quantitative estimate of drug-likeness (QED) is 0.791. The Morgan fingerprint density at radius 2 is 1.85 bits per heavy atom. The standard InChI is InChI=1S/C16H19N5O.2C2H6/c1-10-7-13-14(16(18-10)22-3)15(20-11(2)19-13)21-6-4-5-12(8-17)9-21;2*1-2/h7,12H,4-6,9H2,1-3H3;2*1-2H3. The van der Waals surface area contributed by atoms with Crippen LogP contribution < -0.4 is 9.64 Å². The molecular weight excluding hydrogens is 326 g/mol. The van der Waals surface area contributed by atoms with Gasteiger partial charge in [0.1, 0.15) is 17.0 Å². The van der Waals surface area contributed by atoms with Gasteiger partial charge in [0, 0.05) is 18.8 Å². The van der Waals surface area contributed by atoms with Crippen molar-refractivity contribution in [1.82, 2.24) is 15.0 Å². The number of pyridine rings is 1. The number of aryl methyl sites for hydroxylation is 2. The first-order chi connectivity index (χ1) is 12.6. The number of piperidine rings is 1. The van der Waals surface area contributed by atoms with Crippen LogP contribution in [-0.4, -0.2) is 35.2 Å². The lowest BCUT2D eigenvalue weighted by Gasteiger charge is -2.31. The van der Waals surface area contributed by atoms with Crippen molar-refractivity contribution in [3.8, 4) is 11.9 Å². The van der Waals surface area contributed by atoms with Crippen LogP contribution in [0.25, 0.3) is 10.9 Å². The Hall–Kier alpha value is -2.42. The number of nitrogens with zero attached hydrogens (tertiary/aromatic N) is 5. The molecule has 1 fully saturated rings. The molecule has 0 spiro atoms. The van der Waals surface area contributed by atoms with E-state index in [-0.39, 0.29) is 5.92 Å². The molecule has 26 heavy (non-hydrogen) atoms. The van der Waals surface area contributed by atoms with Gasteiger partial charge in [-0.15, -0.1) is 0 Å². The van der Waals surface area contributed by atoms with Gasteiger partial charge in [0.25, 0.3) is 0 Å². The van der Waals surface area contributed by atoms with E-state index in [2.05, 4.69) is 25.9 Å². The topological polar surface area (TPSA) is 74.9 Å². The number of anilines is 1. The van der Waals surface area contributed by atoms with E-state index in [0.29, 0.717) is 18.2 Å². The molecule has 2 aromatic heterocycles. The van der Waals surface area contributed by atoms with Crippen LogP contribution >= 0.6 is 0 Å². The van der Waals surface area contributed by atoms with Crippen molar-refractivity contribution in [2.45, 2.75) is 54.4 Å². The van der Waals surface area contributed by atoms with Gasteiger partial charge in [0.2, 0.25) is 5.88 Å². The maximum absolute atomic E-state index is 9.21. The first-order valence-electron chi connectivity index (χ1n) is 9.47. The summed E-state index contributed by atoms with van der Waals surface area (Å²) < 4.78 is 5.45. The molecule has 0 aliphatic carbocycles. The molecule has 0 aromatic carbocycles. The van der Waals surface area contributed by atoms with Crippen LogP contribution in [0.3, 0.4) is 0 Å². The summed E-state index contributed by atoms with van der Waals surface area (Å²) in [6.45, 7) is 13.4. The molecule has 0 radical (unpaired) electrons. The molecule has 142 valence electrons. The Labute approximate surface area is 157 Å². The predicted octanol–water partition coefficient (Wildman–Crippen LogP) is 4.44. The maximum Gasteiger partial charge on any atom is 0.226 e. The third-order valence-corrected chi connectivity index (χ3v) is 3.96. The van der Waals surface area contributed by atoms with E-state index in [1.54, 1.807) is 7.11 Å². The fraction of sp³-hybridized carbons (Fsp3) is 0.600. The minimum Gasteiger partial charge on any atom is -0.480 e. The number of rotatable bonds is 2. The van der Waals surface area contributed by atoms with E-state index < -0.39 is 0 Å². The SMILES string of the molecule is CC.CC.COc1nc(C)cc2nc(C)nc(N3CCCC(C#N)C3)c12. The number of hydrogen-bond acceptors (Lipinski definition) is 6. The van der Waals surface area contributed by atoms with Crippen LogP contribution in [0.5, 0.6) is 5.88 Å². The van der Waals surface area contributed by atoms with Crippen molar-refractivity contribution in [1.29, 1.82) is 5.26 Å². The molecule has 1 unspecified atom stereocenters. The van der Waals surface area contributed by atoms with Gasteiger partial charge in [-0.2, -0.15) is 5.26 Å². The monoisotopic (exact) mass is 357 g/mol. The third-order valence-electron chi connectivity index (χ3n) is 3.96. The number of ether oxygens (including phenoxy) is 1. The van der Waals surface area contributed by atoms with Crippen LogP contribution in [-0.2, 0) is 0 Å². The van der Waals surface area contributed by atoms with Gasteiger partial charge in [-0.1, -0.05) is 27.7 Å². The molecule has 1 atom stereocenters. The fourth-order valence-electron chi connectivity index (χ4n) is 2.99. The highest BCUT2D eigenvalue weighted by molar-refractivity contribution is 5.94. The smallest absolute Gasteiger partial charge is 0.226 e. The molecular formula is C20H31N5O. The molecule has 0 N–H and O–H groups in total. The lowest BCUT2D eigenvalue weighted by atomic mass is 9.99. The molecule has 3 rings (SSSR count). The van der Waals surface area contributed by atoms with E-state index in [9.17, 15) is 5.26 Å². The van der Waals surface area contributed by atoms with Crippen LogP contribution in [0.1, 0.15) is 52.1 Å². The summed E-state index contributed by atoms with van der Waals surface area (Å²) in [7, 11) is 1.61. The summed E-state index contributed by atoms with van der Waals surface area (Å²) in [4.78, 5) is 15.7. The Balaban J connectivity index is 0.000000791. The van der Waals surface area contributed by atoms with Gasteiger partial charge < -0.3 is 9.64 Å². The summed E-state index contributed by atoms with van der Waals surface area (Å²) in [5, 5.41) is 10.0. The van der Waals surface area contributed by atoms with E-state index in [1.807, 2.05) is 47.6 Å². The average Bonchev–Trinajstić information content (AvgIpc) is 2.69. The molecule has 0 bridgehead atoms. The zero-order valence-electron chi connectivity index (χ0n) is 17.1. The van der Waals surface area contributed by atoms with Crippen LogP contribution in [0.15, 0.2) is 6.07 Å². The molecule has 6 heteroatoms. The third kappa shape index (κ3) is 4.81. The lowest BCUT2D eigenvalue weighted by Crippen LogP contribution is -2.35. The first-order valence-corrected chi connectivity index (χ1v) is 9.47. The first kappa shape index (κ1) is 21.6. The lowest BCUT2D eigenvalue weighted by molar-refractivity contribution is 0.402. The van der Waals surface area contributed by atoms with Gasteiger partial charge in [0.05, 0.1) is 24.6 Å². The van der Waals surface area contributed by atoms with Crippen LogP contribution in [0.2, 0.25) is 0 Å². The normalized spacial score (nSPS) is 15.9. The largest absolute Gasteiger partial charge is 0.480 e. The van der Waals surface area contributed by atoms with Crippen molar-refractivity contribution in [2.75, 3.05) is 25.1 Å². The number of aromatic nitrogens is 3. The minimum absolute atomic E-state index is 0.0449. The second kappa shape index (κ2) is 10.5. The Morgan fingerprint density at radius 1 is 1.15 bits per heavy atom. The van der Waals surface area contributed by atoms with Gasteiger partial charge in [-0.25, -0.2) is 15.0 Å². The van der Waals surface area contributed by atoms with Crippen molar-refractivity contribution in [3.05, 3.63) is 17.6 Å². The van der Waals surface area contributed by atoms with Gasteiger partial charge in [-0.05, 0) is 32.8 Å². The van der Waals surface area contributed by atoms with Crippen LogP contribution in [0, 0.1) is 31.1 Å². The highest BCUT2D eigenvalue weighted by Crippen LogP contribution is 2.33. The van der Waals surface area contributed by atoms with Crippen molar-refractivity contribution in [2.24, 2.45) is 5.92 Å². The van der Waals surface area contributed by atoms with Crippen LogP contribution in [0.4, 0.5) is 5.82 Å². The number of hydrogen-bond donors (Lipinski definition) is 0. The van der Waals surface area contributed by atoms with Crippen molar-refractivity contribution >= 4 is 16.7 Å². The Bertz CT molecular complexity index is 749. The number of fused-ring (bicyclic) bond motifs is 1. The minimum atomic E-state index is 0.0449. The molecule has 1 aliphatic heterocycles. The fourth-order valence-corrected chi connectivity index (χ4v) is 2.99. The highest BCUT2D eigenvalue weighted by atomic mass is 16.5. The maximum atomic E-state index is 9.21. The second-order valence-electron chi connectivity index (χ2n) is 5.68. The molecule has 2 aromatic rings. The summed E-state index contributed by atoms with van der Waals surface area (Å²) in [5.41, 5.74) is 1.70. The zero-order valence-corrected chi connectivity index (χ0v) is 17.1. The van der Waals surface area contributed by atoms with E-state index in [1.165, 1.54) is 0 Å². The van der Waals surface area contributed by atoms with E-state index in [4.69, 9.17) is 4.74 Å². The highest BCUT2D eigenvalue weighted by Gasteiger charge is 2.24. The van der Waals surface area contributed by atoms with Gasteiger partial charge >= 0.3 is 0 Å². The number of nitriles is 1. The predicted molar refractivity (Wildman–Crippen MR) is 107 cm³/mol. The van der Waals surface area contributed by atoms with Crippen molar-refractivity contribution in [3.63, 3.8) is 0 Å². The molecule has 6 nitrogen and oxygen atoms in total. The molecule has 1 aliphatic rings.